The van der Waals surface area contributed by atoms with Gasteiger partial charge in [-0.15, -0.1) is 0 Å². The summed E-state index contributed by atoms with van der Waals surface area (Å²) in [5, 5.41) is 18.3. The quantitative estimate of drug-likeness (QED) is 0.407. The summed E-state index contributed by atoms with van der Waals surface area (Å²) < 4.78 is 4.60. The maximum Gasteiger partial charge on any atom is 0.305 e. The fourth-order valence-electron chi connectivity index (χ4n) is 4.06. The summed E-state index contributed by atoms with van der Waals surface area (Å²) in [5.74, 6) is -2.22. The number of nitrogens with zero attached hydrogens (tertiary/aromatic N) is 1. The van der Waals surface area contributed by atoms with E-state index in [4.69, 9.17) is 0 Å². The molecule has 0 radical (unpaired) electrons. The van der Waals surface area contributed by atoms with Crippen LogP contribution in [0.3, 0.4) is 0 Å². The Bertz CT molecular complexity index is 995. The third kappa shape index (κ3) is 9.49. The Labute approximate surface area is 217 Å². The van der Waals surface area contributed by atoms with Crippen molar-refractivity contribution in [1.29, 1.82) is 0 Å². The number of fused-ring (bicyclic) bond motifs is 2. The molecule has 0 unspecified atom stereocenters. The van der Waals surface area contributed by atoms with Gasteiger partial charge in [-0.2, -0.15) is 0 Å². The van der Waals surface area contributed by atoms with Crippen LogP contribution in [0.2, 0.25) is 0 Å². The first-order valence-electron chi connectivity index (χ1n) is 12.5. The number of aliphatic hydroxyl groups is 1. The molecule has 1 aliphatic rings. The van der Waals surface area contributed by atoms with Crippen LogP contribution in [0.4, 0.5) is 0 Å². The van der Waals surface area contributed by atoms with Crippen LogP contribution >= 0.6 is 0 Å². The number of rotatable bonds is 5. The van der Waals surface area contributed by atoms with Crippen molar-refractivity contribution in [2.75, 3.05) is 26.7 Å². The van der Waals surface area contributed by atoms with Crippen molar-refractivity contribution in [3.8, 4) is 0 Å². The van der Waals surface area contributed by atoms with Crippen LogP contribution in [-0.2, 0) is 30.3 Å². The maximum absolute atomic E-state index is 12.9. The zero-order valence-electron chi connectivity index (χ0n) is 22.0. The first kappa shape index (κ1) is 29.8. The highest BCUT2D eigenvalue weighted by atomic mass is 16.5. The first-order valence-corrected chi connectivity index (χ1v) is 12.5. The van der Waals surface area contributed by atoms with Crippen LogP contribution in [0.25, 0.3) is 0 Å². The highest BCUT2D eigenvalue weighted by Crippen LogP contribution is 2.14. The Morgan fingerprint density at radius 1 is 1.19 bits per heavy atom. The SMILES string of the molecule is COC(=O)CCCC(=O)N1CC(=O)NCCCc2cc(ccc2C)C(=O)N[C@@H]([C@@H](C)O)C(=O)N[C@H](C)C1. The van der Waals surface area contributed by atoms with Crippen molar-refractivity contribution in [3.63, 3.8) is 0 Å². The average Bonchev–Trinajstić information content (AvgIpc) is 2.84. The predicted molar refractivity (Wildman–Crippen MR) is 135 cm³/mol. The van der Waals surface area contributed by atoms with E-state index in [0.717, 1.165) is 11.1 Å². The number of benzene rings is 1. The van der Waals surface area contributed by atoms with Gasteiger partial charge in [0.2, 0.25) is 17.7 Å². The Hall–Kier alpha value is -3.47. The van der Waals surface area contributed by atoms with Crippen LogP contribution in [-0.4, -0.2) is 84.5 Å². The Morgan fingerprint density at radius 2 is 1.92 bits per heavy atom. The Morgan fingerprint density at radius 3 is 2.59 bits per heavy atom. The van der Waals surface area contributed by atoms with E-state index < -0.39 is 36.0 Å². The zero-order valence-corrected chi connectivity index (χ0v) is 22.0. The minimum Gasteiger partial charge on any atom is -0.469 e. The van der Waals surface area contributed by atoms with Gasteiger partial charge in [0.05, 0.1) is 19.8 Å². The number of methoxy groups -OCH3 is 1. The number of carbonyl (C=O) groups is 5. The number of aryl methyl sites for hydroxylation is 2. The van der Waals surface area contributed by atoms with E-state index in [9.17, 15) is 29.1 Å². The second kappa shape index (κ2) is 14.3. The van der Waals surface area contributed by atoms with E-state index in [-0.39, 0.29) is 44.2 Å². The molecule has 37 heavy (non-hydrogen) atoms. The molecule has 0 spiro atoms. The largest absolute Gasteiger partial charge is 0.469 e. The number of amides is 4. The van der Waals surface area contributed by atoms with Crippen LogP contribution in [0, 0.1) is 6.92 Å². The summed E-state index contributed by atoms with van der Waals surface area (Å²) in [7, 11) is 1.27. The van der Waals surface area contributed by atoms with Crippen molar-refractivity contribution >= 4 is 29.6 Å². The van der Waals surface area contributed by atoms with Gasteiger partial charge in [-0.05, 0) is 63.3 Å². The van der Waals surface area contributed by atoms with Gasteiger partial charge in [0, 0.05) is 37.5 Å². The lowest BCUT2D eigenvalue weighted by molar-refractivity contribution is -0.141. The smallest absolute Gasteiger partial charge is 0.305 e. The van der Waals surface area contributed by atoms with E-state index in [1.165, 1.54) is 18.9 Å². The van der Waals surface area contributed by atoms with Crippen LogP contribution in [0.5, 0.6) is 0 Å². The van der Waals surface area contributed by atoms with Gasteiger partial charge in [-0.25, -0.2) is 0 Å². The van der Waals surface area contributed by atoms with Gasteiger partial charge in [0.25, 0.3) is 5.91 Å². The maximum atomic E-state index is 12.9. The highest BCUT2D eigenvalue weighted by Gasteiger charge is 2.28. The molecule has 1 aromatic rings. The second-order valence-corrected chi connectivity index (χ2v) is 9.40. The van der Waals surface area contributed by atoms with Crippen LogP contribution in [0.15, 0.2) is 18.2 Å². The van der Waals surface area contributed by atoms with Gasteiger partial charge in [0.1, 0.15) is 6.04 Å². The standard InChI is InChI=1S/C26H38N4O7/c1-16-10-11-20-13-19(16)7-6-12-27-21(32)15-30(22(33)8-5-9-23(34)37-4)14-17(2)28-26(36)24(18(3)31)29-25(20)35/h10-11,13,17-18,24,31H,5-9,12,14-15H2,1-4H3,(H,27,32)(H,28,36)(H,29,35)/t17-,18-,24+/m1/s1. The molecule has 1 aromatic carbocycles. The topological polar surface area (TPSA) is 154 Å². The molecular formula is C26H38N4O7. The highest BCUT2D eigenvalue weighted by molar-refractivity contribution is 5.98. The normalized spacial score (nSPS) is 20.7. The second-order valence-electron chi connectivity index (χ2n) is 9.40. The summed E-state index contributed by atoms with van der Waals surface area (Å²) in [5.41, 5.74) is 2.28. The molecule has 0 aliphatic carbocycles. The summed E-state index contributed by atoms with van der Waals surface area (Å²) in [6.45, 7) is 5.19. The van der Waals surface area contributed by atoms with Crippen molar-refractivity contribution in [2.24, 2.45) is 0 Å². The third-order valence-electron chi connectivity index (χ3n) is 6.18. The van der Waals surface area contributed by atoms with Crippen LogP contribution < -0.4 is 16.0 Å². The molecule has 4 amide bonds. The molecule has 11 nitrogen and oxygen atoms in total. The number of ether oxygens (including phenoxy) is 1. The molecule has 0 saturated heterocycles. The predicted octanol–water partition coefficient (Wildman–Crippen LogP) is 0.213. The molecule has 1 aliphatic heterocycles. The van der Waals surface area contributed by atoms with Crippen molar-refractivity contribution < 1.29 is 33.8 Å². The lowest BCUT2D eigenvalue weighted by Gasteiger charge is -2.28. The number of hydrogen-bond acceptors (Lipinski definition) is 7. The molecule has 11 heteroatoms. The van der Waals surface area contributed by atoms with E-state index in [1.54, 1.807) is 19.1 Å². The number of nitrogens with one attached hydrogen (secondary N) is 3. The van der Waals surface area contributed by atoms with Crippen molar-refractivity contribution in [3.05, 3.63) is 34.9 Å². The molecule has 3 atom stereocenters. The molecule has 204 valence electrons. The summed E-state index contributed by atoms with van der Waals surface area (Å²) in [4.78, 5) is 64.0. The van der Waals surface area contributed by atoms with E-state index >= 15 is 0 Å². The number of esters is 1. The van der Waals surface area contributed by atoms with Crippen LogP contribution in [0.1, 0.15) is 61.0 Å². The number of hydrogen-bond donors (Lipinski definition) is 4. The Kier molecular flexibility index (Phi) is 11.5. The van der Waals surface area contributed by atoms with Gasteiger partial charge >= 0.3 is 5.97 Å². The minimum absolute atomic E-state index is 0.0245. The molecule has 2 rings (SSSR count). The molecule has 2 bridgehead atoms. The van der Waals surface area contributed by atoms with Gasteiger partial charge in [-0.3, -0.25) is 24.0 Å². The molecule has 0 saturated carbocycles. The molecule has 4 N–H and O–H groups in total. The van der Waals surface area contributed by atoms with Gasteiger partial charge in [0.15, 0.2) is 0 Å². The molecule has 0 fully saturated rings. The van der Waals surface area contributed by atoms with E-state index in [0.29, 0.717) is 24.9 Å². The third-order valence-corrected chi connectivity index (χ3v) is 6.18. The molecular weight excluding hydrogens is 480 g/mol. The van der Waals surface area contributed by atoms with E-state index in [2.05, 4.69) is 20.7 Å². The zero-order chi connectivity index (χ0) is 27.5. The molecule has 1 heterocycles. The lowest BCUT2D eigenvalue weighted by Crippen LogP contribution is -2.56. The number of carbonyl (C=O) groups excluding carboxylic acids is 5. The van der Waals surface area contributed by atoms with Gasteiger partial charge in [-0.1, -0.05) is 6.07 Å². The van der Waals surface area contributed by atoms with Crippen molar-refractivity contribution in [2.45, 2.75) is 71.1 Å². The lowest BCUT2D eigenvalue weighted by atomic mass is 10.00. The fourth-order valence-corrected chi connectivity index (χ4v) is 4.06. The summed E-state index contributed by atoms with van der Waals surface area (Å²) >= 11 is 0. The Balaban J connectivity index is 2.24. The van der Waals surface area contributed by atoms with Crippen molar-refractivity contribution in [1.82, 2.24) is 20.9 Å². The monoisotopic (exact) mass is 518 g/mol. The minimum atomic E-state index is -1.22. The summed E-state index contributed by atoms with van der Waals surface area (Å²) in [6, 6.07) is 3.42. The van der Waals surface area contributed by atoms with Gasteiger partial charge < -0.3 is 30.7 Å². The summed E-state index contributed by atoms with van der Waals surface area (Å²) in [6.07, 6.45) is 0.427. The average molecular weight is 519 g/mol. The number of aliphatic hydroxyl groups excluding tert-OH is 1. The van der Waals surface area contributed by atoms with E-state index in [1.807, 2.05) is 13.0 Å². The first-order chi connectivity index (χ1) is 17.5. The fraction of sp³-hybridized carbons (Fsp3) is 0.577. The molecule has 0 aromatic heterocycles.